The van der Waals surface area contributed by atoms with Crippen molar-refractivity contribution in [1.82, 2.24) is 0 Å². The zero-order valence-corrected chi connectivity index (χ0v) is 20.0. The number of hydrogen-bond acceptors (Lipinski definition) is 4. The Morgan fingerprint density at radius 2 is 1.64 bits per heavy atom. The van der Waals surface area contributed by atoms with Gasteiger partial charge in [-0.15, -0.1) is 0 Å². The fourth-order valence-electron chi connectivity index (χ4n) is 2.29. The molecule has 4 nitrogen and oxygen atoms in total. The van der Waals surface area contributed by atoms with E-state index in [2.05, 4.69) is 46.9 Å². The van der Waals surface area contributed by atoms with Crippen LogP contribution in [0, 0.1) is 11.8 Å². The quantitative estimate of drug-likeness (QED) is 0.392. The summed E-state index contributed by atoms with van der Waals surface area (Å²) >= 11 is 0. The fourth-order valence-corrected chi connectivity index (χ4v) is 3.40. The average molecular weight is 409 g/mol. The van der Waals surface area contributed by atoms with Crippen molar-refractivity contribution in [2.45, 2.75) is 65.5 Å². The molecule has 0 saturated heterocycles. The molecule has 0 saturated carbocycles. The molecule has 28 heavy (non-hydrogen) atoms. The average Bonchev–Trinajstić information content (AvgIpc) is 2.64. The van der Waals surface area contributed by atoms with Crippen LogP contribution in [0.4, 0.5) is 0 Å². The van der Waals surface area contributed by atoms with E-state index in [1.54, 1.807) is 7.11 Å². The summed E-state index contributed by atoms with van der Waals surface area (Å²) in [6, 6.07) is 7.83. The second-order valence-corrected chi connectivity index (χ2v) is 14.1. The third-order valence-electron chi connectivity index (χ3n) is 5.54. The second kappa shape index (κ2) is 11.1. The van der Waals surface area contributed by atoms with E-state index >= 15 is 0 Å². The van der Waals surface area contributed by atoms with E-state index in [1.807, 2.05) is 37.3 Å². The lowest BCUT2D eigenvalue weighted by Gasteiger charge is -2.36. The predicted molar refractivity (Wildman–Crippen MR) is 119 cm³/mol. The molecule has 0 bridgehead atoms. The topological polar surface area (TPSA) is 47.9 Å². The first kappa shape index (κ1) is 24.9. The van der Waals surface area contributed by atoms with E-state index in [0.29, 0.717) is 19.8 Å². The summed E-state index contributed by atoms with van der Waals surface area (Å²) in [5.41, 5.74) is 1.09. The van der Waals surface area contributed by atoms with Crippen LogP contribution in [0.3, 0.4) is 0 Å². The highest BCUT2D eigenvalue weighted by atomic mass is 28.4. The second-order valence-electron chi connectivity index (χ2n) is 9.26. The molecule has 0 fully saturated rings. The number of ether oxygens (including phenoxy) is 2. The van der Waals surface area contributed by atoms with Crippen LogP contribution in [0.25, 0.3) is 0 Å². The number of aliphatic hydroxyl groups is 1. The van der Waals surface area contributed by atoms with E-state index in [-0.39, 0.29) is 16.9 Å². The minimum Gasteiger partial charge on any atom is -0.497 e. The molecule has 0 spiro atoms. The standard InChI is InChI=1S/C23H40O4Si/c1-18(15-27-28(7,8)23(3,4)5)9-14-22(24)19(2)16-26-17-20-10-12-21(25-6)13-11-20/h9-14,18-19,22,24H,15-17H2,1-8H3/b14-9+/t18-,19-,22+/m1/s1. The van der Waals surface area contributed by atoms with Gasteiger partial charge in [0.25, 0.3) is 0 Å². The molecule has 5 heteroatoms. The van der Waals surface area contributed by atoms with Crippen molar-refractivity contribution in [3.63, 3.8) is 0 Å². The van der Waals surface area contributed by atoms with Crippen molar-refractivity contribution in [2.75, 3.05) is 20.3 Å². The van der Waals surface area contributed by atoms with E-state index in [9.17, 15) is 5.11 Å². The van der Waals surface area contributed by atoms with Crippen LogP contribution in [0.5, 0.6) is 5.75 Å². The van der Waals surface area contributed by atoms with Gasteiger partial charge < -0.3 is 19.0 Å². The van der Waals surface area contributed by atoms with Crippen LogP contribution >= 0.6 is 0 Å². The van der Waals surface area contributed by atoms with Gasteiger partial charge in [-0.2, -0.15) is 0 Å². The van der Waals surface area contributed by atoms with E-state index < -0.39 is 14.4 Å². The van der Waals surface area contributed by atoms with Crippen LogP contribution in [0.2, 0.25) is 18.1 Å². The Labute approximate surface area is 173 Å². The Balaban J connectivity index is 2.36. The first-order valence-electron chi connectivity index (χ1n) is 10.2. The van der Waals surface area contributed by atoms with Gasteiger partial charge in [0.15, 0.2) is 8.32 Å². The Bertz CT molecular complexity index is 590. The molecule has 0 aliphatic rings. The summed E-state index contributed by atoms with van der Waals surface area (Å²) in [7, 11) is -0.0707. The Morgan fingerprint density at radius 1 is 1.04 bits per heavy atom. The van der Waals surface area contributed by atoms with Gasteiger partial charge in [-0.1, -0.05) is 58.9 Å². The lowest BCUT2D eigenvalue weighted by Crippen LogP contribution is -2.41. The smallest absolute Gasteiger partial charge is 0.192 e. The number of methoxy groups -OCH3 is 1. The number of hydrogen-bond donors (Lipinski definition) is 1. The van der Waals surface area contributed by atoms with Crippen molar-refractivity contribution in [1.29, 1.82) is 0 Å². The zero-order valence-electron chi connectivity index (χ0n) is 19.0. The summed E-state index contributed by atoms with van der Waals surface area (Å²) in [6.45, 7) is 17.1. The lowest BCUT2D eigenvalue weighted by atomic mass is 10.0. The summed E-state index contributed by atoms with van der Waals surface area (Å²) in [5, 5.41) is 10.6. The van der Waals surface area contributed by atoms with E-state index in [4.69, 9.17) is 13.9 Å². The summed E-state index contributed by atoms with van der Waals surface area (Å²) in [6.07, 6.45) is 3.41. The van der Waals surface area contributed by atoms with Crippen molar-refractivity contribution in [3.05, 3.63) is 42.0 Å². The first-order chi connectivity index (χ1) is 13.0. The molecular formula is C23H40O4Si. The maximum absolute atomic E-state index is 10.4. The van der Waals surface area contributed by atoms with Crippen molar-refractivity contribution in [3.8, 4) is 5.75 Å². The number of aliphatic hydroxyl groups excluding tert-OH is 1. The van der Waals surface area contributed by atoms with Gasteiger partial charge in [-0.25, -0.2) is 0 Å². The molecule has 0 aromatic heterocycles. The molecule has 0 radical (unpaired) electrons. The van der Waals surface area contributed by atoms with Crippen LogP contribution in [0.15, 0.2) is 36.4 Å². The SMILES string of the molecule is COc1ccc(COC[C@@H](C)[C@@H](O)/C=C/[C@@H](C)CO[Si](C)(C)C(C)(C)C)cc1. The molecular weight excluding hydrogens is 368 g/mol. The fraction of sp³-hybridized carbons (Fsp3) is 0.652. The Morgan fingerprint density at radius 3 is 2.18 bits per heavy atom. The van der Waals surface area contributed by atoms with Gasteiger partial charge >= 0.3 is 0 Å². The van der Waals surface area contributed by atoms with Gasteiger partial charge in [-0.05, 0) is 41.7 Å². The largest absolute Gasteiger partial charge is 0.497 e. The maximum atomic E-state index is 10.4. The van der Waals surface area contributed by atoms with Crippen LogP contribution < -0.4 is 4.74 Å². The minimum atomic E-state index is -1.73. The van der Waals surface area contributed by atoms with Crippen molar-refractivity contribution in [2.24, 2.45) is 11.8 Å². The molecule has 0 unspecified atom stereocenters. The number of benzene rings is 1. The van der Waals surface area contributed by atoms with Gasteiger partial charge in [0.1, 0.15) is 5.75 Å². The number of rotatable bonds is 11. The molecule has 1 aromatic carbocycles. The van der Waals surface area contributed by atoms with Gasteiger partial charge in [0, 0.05) is 12.5 Å². The van der Waals surface area contributed by atoms with Crippen LogP contribution in [-0.4, -0.2) is 39.9 Å². The molecule has 0 aliphatic carbocycles. The van der Waals surface area contributed by atoms with Crippen LogP contribution in [0.1, 0.15) is 40.2 Å². The predicted octanol–water partition coefficient (Wildman–Crippen LogP) is 5.42. The highest BCUT2D eigenvalue weighted by Gasteiger charge is 2.37. The molecule has 0 amide bonds. The van der Waals surface area contributed by atoms with Crippen molar-refractivity contribution < 1.29 is 19.0 Å². The Kier molecular flexibility index (Phi) is 9.91. The minimum absolute atomic E-state index is 0.0306. The summed E-state index contributed by atoms with van der Waals surface area (Å²) in [5.74, 6) is 1.14. The van der Waals surface area contributed by atoms with Gasteiger partial charge in [0.2, 0.25) is 0 Å². The van der Waals surface area contributed by atoms with Crippen LogP contribution in [-0.2, 0) is 15.8 Å². The highest BCUT2D eigenvalue weighted by molar-refractivity contribution is 6.74. The van der Waals surface area contributed by atoms with Gasteiger partial charge in [-0.3, -0.25) is 0 Å². The Hall–Kier alpha value is -1.14. The molecule has 1 aromatic rings. The molecule has 160 valence electrons. The summed E-state index contributed by atoms with van der Waals surface area (Å²) < 4.78 is 17.2. The van der Waals surface area contributed by atoms with E-state index in [1.165, 1.54) is 0 Å². The molecule has 1 rings (SSSR count). The lowest BCUT2D eigenvalue weighted by molar-refractivity contribution is 0.0470. The normalized spacial score (nSPS) is 16.2. The monoisotopic (exact) mass is 408 g/mol. The zero-order chi connectivity index (χ0) is 21.4. The highest BCUT2D eigenvalue weighted by Crippen LogP contribution is 2.36. The molecule has 3 atom stereocenters. The molecule has 0 heterocycles. The van der Waals surface area contributed by atoms with E-state index in [0.717, 1.165) is 11.3 Å². The third-order valence-corrected chi connectivity index (χ3v) is 10.0. The van der Waals surface area contributed by atoms with Crippen molar-refractivity contribution >= 4 is 8.32 Å². The molecule has 0 aliphatic heterocycles. The summed E-state index contributed by atoms with van der Waals surface area (Å²) in [4.78, 5) is 0. The van der Waals surface area contributed by atoms with Gasteiger partial charge in [0.05, 0.1) is 26.4 Å². The first-order valence-corrected chi connectivity index (χ1v) is 13.1. The molecule has 1 N–H and O–H groups in total. The third kappa shape index (κ3) is 8.48. The maximum Gasteiger partial charge on any atom is 0.192 e.